The number of rotatable bonds is 2. The molecule has 3 nitrogen and oxygen atoms in total. The van der Waals surface area contributed by atoms with Gasteiger partial charge in [-0.15, -0.1) is 0 Å². The summed E-state index contributed by atoms with van der Waals surface area (Å²) in [5.41, 5.74) is 1.42. The van der Waals surface area contributed by atoms with Gasteiger partial charge in [0.1, 0.15) is 6.61 Å². The van der Waals surface area contributed by atoms with Crippen LogP contribution < -0.4 is 0 Å². The van der Waals surface area contributed by atoms with Gasteiger partial charge in [-0.1, -0.05) is 25.5 Å². The molecule has 1 rings (SSSR count). The third-order valence-electron chi connectivity index (χ3n) is 2.47. The first kappa shape index (κ1) is 10.3. The van der Waals surface area contributed by atoms with Crippen molar-refractivity contribution < 1.29 is 9.90 Å². The molecule has 0 aromatic heterocycles. The normalized spacial score (nSPS) is 17.5. The first-order chi connectivity index (χ1) is 6.15. The summed E-state index contributed by atoms with van der Waals surface area (Å²) in [5, 5.41) is 8.65. The van der Waals surface area contributed by atoms with E-state index in [0.29, 0.717) is 12.5 Å². The van der Waals surface area contributed by atoms with Crippen molar-refractivity contribution in [2.24, 2.45) is 5.92 Å². The van der Waals surface area contributed by atoms with Crippen LogP contribution in [-0.4, -0.2) is 35.6 Å². The predicted molar refractivity (Wildman–Crippen MR) is 51.2 cm³/mol. The van der Waals surface area contributed by atoms with Crippen molar-refractivity contribution in [1.82, 2.24) is 4.90 Å². The highest BCUT2D eigenvalue weighted by Gasteiger charge is 2.16. The van der Waals surface area contributed by atoms with Crippen molar-refractivity contribution in [3.63, 3.8) is 0 Å². The van der Waals surface area contributed by atoms with E-state index < -0.39 is 0 Å². The predicted octanol–water partition coefficient (Wildman–Crippen LogP) is 0.793. The number of amides is 1. The maximum Gasteiger partial charge on any atom is 0.248 e. The van der Waals surface area contributed by atoms with E-state index in [2.05, 4.69) is 19.9 Å². The lowest BCUT2D eigenvalue weighted by Crippen LogP contribution is -2.37. The summed E-state index contributed by atoms with van der Waals surface area (Å²) in [6.45, 7) is 5.37. The van der Waals surface area contributed by atoms with Gasteiger partial charge in [0.15, 0.2) is 0 Å². The molecule has 1 amide bonds. The van der Waals surface area contributed by atoms with E-state index in [1.807, 2.05) is 0 Å². The van der Waals surface area contributed by atoms with Crippen LogP contribution in [0.1, 0.15) is 20.3 Å². The first-order valence-corrected chi connectivity index (χ1v) is 4.72. The largest absolute Gasteiger partial charge is 0.387 e. The van der Waals surface area contributed by atoms with Crippen LogP contribution in [0, 0.1) is 5.92 Å². The summed E-state index contributed by atoms with van der Waals surface area (Å²) >= 11 is 0. The van der Waals surface area contributed by atoms with Crippen LogP contribution in [0.15, 0.2) is 11.6 Å². The molecule has 0 fully saturated rings. The Balaban J connectivity index is 2.51. The number of hydrogen-bond acceptors (Lipinski definition) is 2. The van der Waals surface area contributed by atoms with Gasteiger partial charge in [-0.2, -0.15) is 0 Å². The smallest absolute Gasteiger partial charge is 0.248 e. The van der Waals surface area contributed by atoms with E-state index in [1.54, 1.807) is 4.90 Å². The number of aliphatic hydroxyl groups is 1. The summed E-state index contributed by atoms with van der Waals surface area (Å²) in [7, 11) is 0. The van der Waals surface area contributed by atoms with Gasteiger partial charge in [-0.05, 0) is 12.3 Å². The molecule has 0 spiro atoms. The second-order valence-corrected chi connectivity index (χ2v) is 3.68. The molecule has 0 bridgehead atoms. The molecule has 1 aliphatic heterocycles. The zero-order chi connectivity index (χ0) is 9.84. The highest BCUT2D eigenvalue weighted by Crippen LogP contribution is 2.18. The molecule has 0 unspecified atom stereocenters. The third kappa shape index (κ3) is 2.56. The summed E-state index contributed by atoms with van der Waals surface area (Å²) < 4.78 is 0. The zero-order valence-electron chi connectivity index (χ0n) is 8.29. The molecular formula is C10H17NO2. The average molecular weight is 183 g/mol. The molecule has 0 radical (unpaired) electrons. The second-order valence-electron chi connectivity index (χ2n) is 3.68. The standard InChI is InChI=1S/C10H17NO2/c1-8(2)9-3-5-11(6-4-9)10(13)7-12/h3,8,12H,4-7H2,1-2H3. The van der Waals surface area contributed by atoms with E-state index in [4.69, 9.17) is 5.11 Å². The summed E-state index contributed by atoms with van der Waals surface area (Å²) in [6, 6.07) is 0. The lowest BCUT2D eigenvalue weighted by molar-refractivity contribution is -0.133. The fourth-order valence-corrected chi connectivity index (χ4v) is 1.54. The van der Waals surface area contributed by atoms with Crippen molar-refractivity contribution in [2.75, 3.05) is 19.7 Å². The van der Waals surface area contributed by atoms with E-state index >= 15 is 0 Å². The summed E-state index contributed by atoms with van der Waals surface area (Å²) in [4.78, 5) is 12.8. The van der Waals surface area contributed by atoms with Gasteiger partial charge in [-0.3, -0.25) is 4.79 Å². The fraction of sp³-hybridized carbons (Fsp3) is 0.700. The number of aliphatic hydroxyl groups excluding tert-OH is 1. The highest BCUT2D eigenvalue weighted by molar-refractivity contribution is 5.77. The second kappa shape index (κ2) is 4.42. The Kier molecular flexibility index (Phi) is 3.48. The van der Waals surface area contributed by atoms with Gasteiger partial charge in [0, 0.05) is 13.1 Å². The number of nitrogens with zero attached hydrogens (tertiary/aromatic N) is 1. The zero-order valence-corrected chi connectivity index (χ0v) is 8.29. The minimum absolute atomic E-state index is 0.168. The van der Waals surface area contributed by atoms with Gasteiger partial charge in [0.05, 0.1) is 0 Å². The van der Waals surface area contributed by atoms with Gasteiger partial charge in [0.25, 0.3) is 0 Å². The Morgan fingerprint density at radius 2 is 2.38 bits per heavy atom. The maximum absolute atomic E-state index is 11.1. The molecule has 13 heavy (non-hydrogen) atoms. The Morgan fingerprint density at radius 3 is 2.77 bits per heavy atom. The van der Waals surface area contributed by atoms with E-state index in [1.165, 1.54) is 5.57 Å². The number of carbonyl (C=O) groups is 1. The molecule has 1 heterocycles. The Morgan fingerprint density at radius 1 is 1.69 bits per heavy atom. The van der Waals surface area contributed by atoms with E-state index in [-0.39, 0.29) is 12.5 Å². The van der Waals surface area contributed by atoms with Gasteiger partial charge in [0.2, 0.25) is 5.91 Å². The minimum atomic E-state index is -0.370. The summed E-state index contributed by atoms with van der Waals surface area (Å²) in [5.74, 6) is 0.408. The van der Waals surface area contributed by atoms with Gasteiger partial charge >= 0.3 is 0 Å². The topological polar surface area (TPSA) is 40.5 Å². The monoisotopic (exact) mass is 183 g/mol. The number of hydrogen-bond donors (Lipinski definition) is 1. The third-order valence-corrected chi connectivity index (χ3v) is 2.47. The average Bonchev–Trinajstić information content (AvgIpc) is 2.17. The van der Waals surface area contributed by atoms with Gasteiger partial charge < -0.3 is 10.0 Å². The first-order valence-electron chi connectivity index (χ1n) is 4.72. The van der Waals surface area contributed by atoms with Crippen molar-refractivity contribution in [3.05, 3.63) is 11.6 Å². The van der Waals surface area contributed by atoms with Crippen LogP contribution in [0.4, 0.5) is 0 Å². The van der Waals surface area contributed by atoms with E-state index in [9.17, 15) is 4.79 Å². The van der Waals surface area contributed by atoms with Crippen LogP contribution in [0.25, 0.3) is 0 Å². The number of carbonyl (C=O) groups excluding carboxylic acids is 1. The van der Waals surface area contributed by atoms with Crippen LogP contribution >= 0.6 is 0 Å². The molecule has 0 saturated carbocycles. The lowest BCUT2D eigenvalue weighted by Gasteiger charge is -2.27. The molecule has 0 aromatic carbocycles. The van der Waals surface area contributed by atoms with Crippen molar-refractivity contribution >= 4 is 5.91 Å². The van der Waals surface area contributed by atoms with Gasteiger partial charge in [-0.25, -0.2) is 0 Å². The maximum atomic E-state index is 11.1. The quantitative estimate of drug-likeness (QED) is 0.643. The molecule has 0 saturated heterocycles. The van der Waals surface area contributed by atoms with Crippen LogP contribution in [-0.2, 0) is 4.79 Å². The van der Waals surface area contributed by atoms with Crippen molar-refractivity contribution in [1.29, 1.82) is 0 Å². The molecular weight excluding hydrogens is 166 g/mol. The minimum Gasteiger partial charge on any atom is -0.387 e. The Bertz CT molecular complexity index is 221. The molecule has 1 N–H and O–H groups in total. The Labute approximate surface area is 79.0 Å². The van der Waals surface area contributed by atoms with Crippen molar-refractivity contribution in [3.8, 4) is 0 Å². The molecule has 0 atom stereocenters. The molecule has 74 valence electrons. The highest BCUT2D eigenvalue weighted by atomic mass is 16.3. The molecule has 3 heteroatoms. The van der Waals surface area contributed by atoms with Crippen LogP contribution in [0.3, 0.4) is 0 Å². The summed E-state index contributed by atoms with van der Waals surface area (Å²) in [6.07, 6.45) is 3.05. The SMILES string of the molecule is CC(C)C1=CCN(C(=O)CO)CC1. The lowest BCUT2D eigenvalue weighted by atomic mass is 9.97. The van der Waals surface area contributed by atoms with Crippen molar-refractivity contribution in [2.45, 2.75) is 20.3 Å². The van der Waals surface area contributed by atoms with Crippen LogP contribution in [0.5, 0.6) is 0 Å². The Hall–Kier alpha value is -0.830. The fourth-order valence-electron chi connectivity index (χ4n) is 1.54. The molecule has 0 aliphatic carbocycles. The molecule has 1 aliphatic rings. The van der Waals surface area contributed by atoms with E-state index in [0.717, 1.165) is 13.0 Å². The van der Waals surface area contributed by atoms with Crippen LogP contribution in [0.2, 0.25) is 0 Å². The molecule has 0 aromatic rings.